The zero-order valence-electron chi connectivity index (χ0n) is 13.7. The average Bonchev–Trinajstić information content (AvgIpc) is 2.37. The molecule has 0 saturated heterocycles. The summed E-state index contributed by atoms with van der Waals surface area (Å²) in [5, 5.41) is 12.8. The molecule has 0 aliphatic heterocycles. The van der Waals surface area contributed by atoms with E-state index in [1.165, 1.54) is 0 Å². The van der Waals surface area contributed by atoms with Crippen molar-refractivity contribution in [1.29, 1.82) is 5.26 Å². The van der Waals surface area contributed by atoms with E-state index in [9.17, 15) is 10.1 Å². The van der Waals surface area contributed by atoms with Crippen molar-refractivity contribution in [2.45, 2.75) is 59.9 Å². The van der Waals surface area contributed by atoms with Crippen LogP contribution in [0.2, 0.25) is 0 Å². The van der Waals surface area contributed by atoms with E-state index >= 15 is 0 Å². The van der Waals surface area contributed by atoms with Gasteiger partial charge in [0, 0.05) is 11.7 Å². The summed E-state index contributed by atoms with van der Waals surface area (Å²) in [6, 6.07) is 2.39. The maximum absolute atomic E-state index is 11.9. The molecule has 0 amide bonds. The highest BCUT2D eigenvalue weighted by molar-refractivity contribution is 5.94. The monoisotopic (exact) mass is 290 g/mol. The molecule has 116 valence electrons. The smallest absolute Gasteiger partial charge is 0.349 e. The molecule has 1 unspecified atom stereocenters. The molecule has 0 bridgehead atoms. The number of hydrogen-bond acceptors (Lipinski definition) is 4. The normalized spacial score (nSPS) is 20.9. The summed E-state index contributed by atoms with van der Waals surface area (Å²) < 4.78 is 4.98. The molecule has 1 aliphatic rings. The topological polar surface area (TPSA) is 62.1 Å². The summed E-state index contributed by atoms with van der Waals surface area (Å²) in [5.74, 6) is -0.521. The van der Waals surface area contributed by atoms with Crippen LogP contribution in [0, 0.1) is 16.7 Å². The third kappa shape index (κ3) is 4.93. The number of ether oxygens (including phenoxy) is 1. The van der Waals surface area contributed by atoms with Crippen LogP contribution in [-0.2, 0) is 9.53 Å². The quantitative estimate of drug-likeness (QED) is 0.478. The maximum Gasteiger partial charge on any atom is 0.349 e. The van der Waals surface area contributed by atoms with E-state index in [-0.39, 0.29) is 17.6 Å². The predicted octanol–water partition coefficient (Wildman–Crippen LogP) is 3.46. The summed E-state index contributed by atoms with van der Waals surface area (Å²) in [6.45, 7) is 10.6. The molecule has 0 heterocycles. The minimum Gasteiger partial charge on any atom is -0.462 e. The summed E-state index contributed by atoms with van der Waals surface area (Å²) in [7, 11) is 0. The van der Waals surface area contributed by atoms with Crippen molar-refractivity contribution < 1.29 is 9.53 Å². The van der Waals surface area contributed by atoms with Gasteiger partial charge in [0.05, 0.1) is 6.61 Å². The number of esters is 1. The van der Waals surface area contributed by atoms with Gasteiger partial charge in [-0.3, -0.25) is 0 Å². The molecule has 1 atom stereocenters. The Morgan fingerprint density at radius 1 is 1.48 bits per heavy atom. The van der Waals surface area contributed by atoms with Gasteiger partial charge in [0.25, 0.3) is 0 Å². The lowest BCUT2D eigenvalue weighted by atomic mass is 9.76. The second kappa shape index (κ2) is 7.31. The Kier molecular flexibility index (Phi) is 6.02. The van der Waals surface area contributed by atoms with Crippen molar-refractivity contribution in [1.82, 2.24) is 5.32 Å². The maximum atomic E-state index is 11.9. The van der Waals surface area contributed by atoms with Crippen LogP contribution >= 0.6 is 0 Å². The number of carbonyl (C=O) groups is 1. The van der Waals surface area contributed by atoms with E-state index in [0.717, 1.165) is 24.1 Å². The Hall–Kier alpha value is -1.76. The Bertz CT molecular complexity index is 495. The lowest BCUT2D eigenvalue weighted by Gasteiger charge is -2.33. The van der Waals surface area contributed by atoms with E-state index in [0.29, 0.717) is 12.5 Å². The van der Waals surface area contributed by atoms with Gasteiger partial charge in [-0.05, 0) is 50.2 Å². The van der Waals surface area contributed by atoms with Crippen LogP contribution in [0.25, 0.3) is 0 Å². The number of allylic oxidation sites excluding steroid dienone is 3. The van der Waals surface area contributed by atoms with Gasteiger partial charge in [-0.1, -0.05) is 20.8 Å². The van der Waals surface area contributed by atoms with Crippen LogP contribution in [-0.4, -0.2) is 18.6 Å². The molecule has 1 N–H and O–H groups in total. The zero-order valence-corrected chi connectivity index (χ0v) is 13.7. The molecule has 0 spiro atoms. The fraction of sp³-hybridized carbons (Fsp3) is 0.647. The van der Waals surface area contributed by atoms with Gasteiger partial charge in [0.1, 0.15) is 11.6 Å². The standard InChI is InChI=1S/C17H26N2O2/c1-6-12(3)19-14-8-13(9-17(4,5)10-14)15(11-18)16(20)21-7-2/h8,12,19H,6-7,9-10H2,1-5H3. The summed E-state index contributed by atoms with van der Waals surface area (Å²) in [6.07, 6.45) is 4.61. The van der Waals surface area contributed by atoms with Crippen LogP contribution in [0.15, 0.2) is 22.9 Å². The SMILES string of the molecule is CCOC(=O)C(C#N)=C1C=C(NC(C)CC)CC(C)(C)C1. The van der Waals surface area contributed by atoms with Crippen molar-refractivity contribution in [3.63, 3.8) is 0 Å². The van der Waals surface area contributed by atoms with Crippen molar-refractivity contribution in [3.8, 4) is 6.07 Å². The zero-order chi connectivity index (χ0) is 16.0. The highest BCUT2D eigenvalue weighted by Crippen LogP contribution is 2.38. The summed E-state index contributed by atoms with van der Waals surface area (Å²) in [5.41, 5.74) is 2.02. The largest absolute Gasteiger partial charge is 0.462 e. The first-order valence-electron chi connectivity index (χ1n) is 7.60. The Morgan fingerprint density at radius 2 is 2.14 bits per heavy atom. The third-order valence-electron chi connectivity index (χ3n) is 3.64. The molecular weight excluding hydrogens is 264 g/mol. The fourth-order valence-corrected chi connectivity index (χ4v) is 2.53. The van der Waals surface area contributed by atoms with Gasteiger partial charge in [0.15, 0.2) is 0 Å². The van der Waals surface area contributed by atoms with E-state index < -0.39 is 5.97 Å². The molecule has 1 rings (SSSR count). The van der Waals surface area contributed by atoms with E-state index in [1.807, 2.05) is 12.1 Å². The number of hydrogen-bond donors (Lipinski definition) is 1. The molecule has 4 nitrogen and oxygen atoms in total. The van der Waals surface area contributed by atoms with Gasteiger partial charge in [-0.15, -0.1) is 0 Å². The van der Waals surface area contributed by atoms with Gasteiger partial charge < -0.3 is 10.1 Å². The highest BCUT2D eigenvalue weighted by atomic mass is 16.5. The number of nitriles is 1. The molecule has 4 heteroatoms. The predicted molar refractivity (Wildman–Crippen MR) is 83.3 cm³/mol. The average molecular weight is 290 g/mol. The van der Waals surface area contributed by atoms with Crippen LogP contribution in [0.3, 0.4) is 0 Å². The first-order valence-corrected chi connectivity index (χ1v) is 7.60. The van der Waals surface area contributed by atoms with Crippen molar-refractivity contribution in [2.75, 3.05) is 6.61 Å². The van der Waals surface area contributed by atoms with Gasteiger partial charge in [0.2, 0.25) is 0 Å². The van der Waals surface area contributed by atoms with E-state index in [1.54, 1.807) is 6.92 Å². The van der Waals surface area contributed by atoms with Gasteiger partial charge in [-0.2, -0.15) is 5.26 Å². The van der Waals surface area contributed by atoms with Gasteiger partial charge in [-0.25, -0.2) is 4.79 Å². The Balaban J connectivity index is 3.16. The number of nitrogens with one attached hydrogen (secondary N) is 1. The molecule has 0 fully saturated rings. The van der Waals surface area contributed by atoms with Crippen molar-refractivity contribution >= 4 is 5.97 Å². The second-order valence-electron chi connectivity index (χ2n) is 6.37. The molecule has 0 aromatic heterocycles. The van der Waals surface area contributed by atoms with E-state index in [4.69, 9.17) is 4.74 Å². The molecule has 0 aromatic rings. The lowest BCUT2D eigenvalue weighted by molar-refractivity contribution is -0.138. The lowest BCUT2D eigenvalue weighted by Crippen LogP contribution is -2.30. The molecular formula is C17H26N2O2. The van der Waals surface area contributed by atoms with Crippen LogP contribution in [0.4, 0.5) is 0 Å². The first-order chi connectivity index (χ1) is 9.82. The molecule has 0 radical (unpaired) electrons. The molecule has 0 saturated carbocycles. The molecule has 0 aromatic carbocycles. The molecule has 21 heavy (non-hydrogen) atoms. The number of nitrogens with zero attached hydrogens (tertiary/aromatic N) is 1. The Labute approximate surface area is 127 Å². The number of carbonyl (C=O) groups excluding carboxylic acids is 1. The Morgan fingerprint density at radius 3 is 2.67 bits per heavy atom. The van der Waals surface area contributed by atoms with Gasteiger partial charge >= 0.3 is 5.97 Å². The third-order valence-corrected chi connectivity index (χ3v) is 3.64. The van der Waals surface area contributed by atoms with Crippen molar-refractivity contribution in [3.05, 3.63) is 22.9 Å². The summed E-state index contributed by atoms with van der Waals surface area (Å²) in [4.78, 5) is 11.9. The minimum atomic E-state index is -0.521. The second-order valence-corrected chi connectivity index (χ2v) is 6.37. The van der Waals surface area contributed by atoms with Crippen LogP contribution < -0.4 is 5.32 Å². The van der Waals surface area contributed by atoms with Crippen LogP contribution in [0.1, 0.15) is 53.9 Å². The van der Waals surface area contributed by atoms with E-state index in [2.05, 4.69) is 33.0 Å². The van der Waals surface area contributed by atoms with Crippen LogP contribution in [0.5, 0.6) is 0 Å². The fourth-order valence-electron chi connectivity index (χ4n) is 2.53. The molecule has 1 aliphatic carbocycles. The summed E-state index contributed by atoms with van der Waals surface area (Å²) >= 11 is 0. The number of rotatable bonds is 5. The first kappa shape index (κ1) is 17.3. The minimum absolute atomic E-state index is 0.0223. The highest BCUT2D eigenvalue weighted by Gasteiger charge is 2.29. The van der Waals surface area contributed by atoms with Crippen molar-refractivity contribution in [2.24, 2.45) is 5.41 Å².